The van der Waals surface area contributed by atoms with Crippen LogP contribution in [0.5, 0.6) is 5.75 Å². The number of nitrogens with zero attached hydrogens (tertiary/aromatic N) is 1. The molecule has 0 spiro atoms. The highest BCUT2D eigenvalue weighted by Gasteiger charge is 2.20. The molecule has 0 aliphatic carbocycles. The van der Waals surface area contributed by atoms with E-state index in [0.717, 1.165) is 13.0 Å². The van der Waals surface area contributed by atoms with Gasteiger partial charge in [0.2, 0.25) is 0 Å². The monoisotopic (exact) mass is 248 g/mol. The topological polar surface area (TPSA) is 35.5 Å². The van der Waals surface area contributed by atoms with E-state index in [1.165, 1.54) is 24.9 Å². The van der Waals surface area contributed by atoms with Crippen molar-refractivity contribution in [2.75, 3.05) is 20.1 Å². The fraction of sp³-hybridized carbons (Fsp3) is 0.600. The molecule has 1 aromatic carbocycles. The predicted molar refractivity (Wildman–Crippen MR) is 74.9 cm³/mol. The molecule has 0 amide bonds. The largest absolute Gasteiger partial charge is 0.508 e. The number of aromatic hydroxyl groups is 1. The van der Waals surface area contributed by atoms with Crippen molar-refractivity contribution in [3.8, 4) is 5.75 Å². The first-order valence-corrected chi connectivity index (χ1v) is 6.86. The van der Waals surface area contributed by atoms with Crippen molar-refractivity contribution in [3.63, 3.8) is 0 Å². The van der Waals surface area contributed by atoms with Gasteiger partial charge in [0, 0.05) is 18.6 Å². The Kier molecular flexibility index (Phi) is 4.61. The number of benzene rings is 1. The van der Waals surface area contributed by atoms with E-state index in [4.69, 9.17) is 0 Å². The third-order valence-electron chi connectivity index (χ3n) is 3.85. The molecule has 0 bridgehead atoms. The molecule has 1 aliphatic heterocycles. The van der Waals surface area contributed by atoms with Crippen LogP contribution < -0.4 is 5.32 Å². The van der Waals surface area contributed by atoms with Gasteiger partial charge in [0.25, 0.3) is 0 Å². The fourth-order valence-corrected chi connectivity index (χ4v) is 2.63. The van der Waals surface area contributed by atoms with E-state index in [0.29, 0.717) is 17.8 Å². The van der Waals surface area contributed by atoms with E-state index < -0.39 is 0 Å². The number of nitrogens with one attached hydrogen (secondary N) is 1. The van der Waals surface area contributed by atoms with E-state index in [-0.39, 0.29) is 0 Å². The van der Waals surface area contributed by atoms with Crippen LogP contribution in [0.25, 0.3) is 0 Å². The lowest BCUT2D eigenvalue weighted by atomic mass is 10.1. The summed E-state index contributed by atoms with van der Waals surface area (Å²) in [4.78, 5) is 2.44. The SMILES string of the molecule is CC(Cc1ccc(O)cc1)NCC1CCCN1C. The number of rotatable bonds is 5. The summed E-state index contributed by atoms with van der Waals surface area (Å²) in [5, 5.41) is 12.9. The molecule has 0 radical (unpaired) electrons. The molecule has 2 N–H and O–H groups in total. The summed E-state index contributed by atoms with van der Waals surface area (Å²) < 4.78 is 0. The highest BCUT2D eigenvalue weighted by atomic mass is 16.3. The fourth-order valence-electron chi connectivity index (χ4n) is 2.63. The van der Waals surface area contributed by atoms with Gasteiger partial charge in [0.15, 0.2) is 0 Å². The van der Waals surface area contributed by atoms with E-state index in [1.54, 1.807) is 12.1 Å². The standard InChI is InChI=1S/C15H24N2O/c1-12(10-13-5-7-15(18)8-6-13)16-11-14-4-3-9-17(14)2/h5-8,12,14,16,18H,3-4,9-11H2,1-2H3. The number of hydrogen-bond acceptors (Lipinski definition) is 3. The average molecular weight is 248 g/mol. The van der Waals surface area contributed by atoms with Gasteiger partial charge in [-0.2, -0.15) is 0 Å². The van der Waals surface area contributed by atoms with Gasteiger partial charge in [-0.25, -0.2) is 0 Å². The third-order valence-corrected chi connectivity index (χ3v) is 3.85. The summed E-state index contributed by atoms with van der Waals surface area (Å²) >= 11 is 0. The molecule has 1 aliphatic rings. The number of likely N-dealkylation sites (tertiary alicyclic amines) is 1. The molecule has 3 nitrogen and oxygen atoms in total. The minimum Gasteiger partial charge on any atom is -0.508 e. The molecule has 18 heavy (non-hydrogen) atoms. The van der Waals surface area contributed by atoms with Gasteiger partial charge in [-0.3, -0.25) is 0 Å². The Balaban J connectivity index is 1.74. The molecule has 0 aromatic heterocycles. The summed E-state index contributed by atoms with van der Waals surface area (Å²) in [7, 11) is 2.21. The lowest BCUT2D eigenvalue weighted by Gasteiger charge is -2.22. The van der Waals surface area contributed by atoms with Crippen LogP contribution >= 0.6 is 0 Å². The first-order valence-electron chi connectivity index (χ1n) is 6.86. The molecule has 1 fully saturated rings. The molecule has 3 heteroatoms. The molecule has 0 saturated carbocycles. The zero-order valence-electron chi connectivity index (χ0n) is 11.4. The number of likely N-dealkylation sites (N-methyl/N-ethyl adjacent to an activating group) is 1. The Morgan fingerprint density at radius 1 is 1.39 bits per heavy atom. The van der Waals surface area contributed by atoms with Gasteiger partial charge in [0.05, 0.1) is 0 Å². The molecule has 2 rings (SSSR count). The van der Waals surface area contributed by atoms with Crippen LogP contribution in [0.2, 0.25) is 0 Å². The summed E-state index contributed by atoms with van der Waals surface area (Å²) in [6.07, 6.45) is 3.65. The van der Waals surface area contributed by atoms with Gasteiger partial charge in [-0.05, 0) is 57.5 Å². The Hall–Kier alpha value is -1.06. The molecule has 1 saturated heterocycles. The Bertz CT molecular complexity index is 363. The van der Waals surface area contributed by atoms with E-state index >= 15 is 0 Å². The van der Waals surface area contributed by atoms with Crippen molar-refractivity contribution >= 4 is 0 Å². The summed E-state index contributed by atoms with van der Waals surface area (Å²) in [6.45, 7) is 4.54. The van der Waals surface area contributed by atoms with E-state index in [1.807, 2.05) is 12.1 Å². The van der Waals surface area contributed by atoms with Gasteiger partial charge in [-0.15, -0.1) is 0 Å². The summed E-state index contributed by atoms with van der Waals surface area (Å²) in [5.74, 6) is 0.340. The Morgan fingerprint density at radius 2 is 2.11 bits per heavy atom. The van der Waals surface area contributed by atoms with Gasteiger partial charge in [-0.1, -0.05) is 12.1 Å². The maximum absolute atomic E-state index is 9.25. The number of phenols is 1. The van der Waals surface area contributed by atoms with Crippen LogP contribution in [-0.4, -0.2) is 42.2 Å². The van der Waals surface area contributed by atoms with Crippen molar-refractivity contribution < 1.29 is 5.11 Å². The van der Waals surface area contributed by atoms with Crippen LogP contribution in [0.1, 0.15) is 25.3 Å². The van der Waals surface area contributed by atoms with Crippen LogP contribution in [0.4, 0.5) is 0 Å². The third kappa shape index (κ3) is 3.72. The van der Waals surface area contributed by atoms with Crippen molar-refractivity contribution in [2.24, 2.45) is 0 Å². The minimum absolute atomic E-state index is 0.340. The van der Waals surface area contributed by atoms with Crippen LogP contribution in [0.3, 0.4) is 0 Å². The number of hydrogen-bond donors (Lipinski definition) is 2. The van der Waals surface area contributed by atoms with Crippen molar-refractivity contribution in [1.29, 1.82) is 0 Å². The average Bonchev–Trinajstić information content (AvgIpc) is 2.75. The zero-order valence-corrected chi connectivity index (χ0v) is 11.4. The second kappa shape index (κ2) is 6.21. The smallest absolute Gasteiger partial charge is 0.115 e. The van der Waals surface area contributed by atoms with E-state index in [9.17, 15) is 5.11 Å². The summed E-state index contributed by atoms with van der Waals surface area (Å²) in [5.41, 5.74) is 1.27. The lowest BCUT2D eigenvalue weighted by Crippen LogP contribution is -2.39. The molecule has 1 aromatic rings. The molecule has 2 atom stereocenters. The lowest BCUT2D eigenvalue weighted by molar-refractivity contribution is 0.293. The van der Waals surface area contributed by atoms with Gasteiger partial charge in [0.1, 0.15) is 5.75 Å². The summed E-state index contributed by atoms with van der Waals surface area (Å²) in [6, 6.07) is 8.68. The number of phenolic OH excluding ortho intramolecular Hbond substituents is 1. The second-order valence-corrected chi connectivity index (χ2v) is 5.46. The maximum atomic E-state index is 9.25. The first kappa shape index (κ1) is 13.4. The van der Waals surface area contributed by atoms with E-state index in [2.05, 4.69) is 24.2 Å². The van der Waals surface area contributed by atoms with Crippen molar-refractivity contribution in [3.05, 3.63) is 29.8 Å². The normalized spacial score (nSPS) is 22.2. The van der Waals surface area contributed by atoms with Crippen LogP contribution in [0.15, 0.2) is 24.3 Å². The zero-order chi connectivity index (χ0) is 13.0. The quantitative estimate of drug-likeness (QED) is 0.836. The highest BCUT2D eigenvalue weighted by Crippen LogP contribution is 2.14. The van der Waals surface area contributed by atoms with Crippen molar-refractivity contribution in [1.82, 2.24) is 10.2 Å². The van der Waals surface area contributed by atoms with Crippen LogP contribution in [0, 0.1) is 0 Å². The molecular formula is C15H24N2O. The molecule has 2 unspecified atom stereocenters. The minimum atomic E-state index is 0.340. The Morgan fingerprint density at radius 3 is 2.72 bits per heavy atom. The van der Waals surface area contributed by atoms with Crippen molar-refractivity contribution in [2.45, 2.75) is 38.3 Å². The molecular weight excluding hydrogens is 224 g/mol. The maximum Gasteiger partial charge on any atom is 0.115 e. The Labute approximate surface area is 110 Å². The predicted octanol–water partition coefficient (Wildman–Crippen LogP) is 2.01. The first-order chi connectivity index (χ1) is 8.65. The van der Waals surface area contributed by atoms with Crippen LogP contribution in [-0.2, 0) is 6.42 Å². The highest BCUT2D eigenvalue weighted by molar-refractivity contribution is 5.26. The molecule has 100 valence electrons. The molecule has 1 heterocycles. The van der Waals surface area contributed by atoms with Gasteiger partial charge >= 0.3 is 0 Å². The second-order valence-electron chi connectivity index (χ2n) is 5.46. The van der Waals surface area contributed by atoms with Gasteiger partial charge < -0.3 is 15.3 Å².